The van der Waals surface area contributed by atoms with Gasteiger partial charge in [0.05, 0.1) is 6.54 Å². The fourth-order valence-corrected chi connectivity index (χ4v) is 4.19. The number of hydrogen-bond donors (Lipinski definition) is 3. The molecule has 8 heteroatoms. The van der Waals surface area contributed by atoms with Crippen LogP contribution in [0.15, 0.2) is 33.0 Å². The number of primary sulfonamides is 1. The highest BCUT2D eigenvalue weighted by molar-refractivity contribution is 7.91. The highest BCUT2D eigenvalue weighted by atomic mass is 32.2. The average Bonchev–Trinajstić information content (AvgIpc) is 3.01. The number of nitrogens with zero attached hydrogens (tertiary/aromatic N) is 1. The zero-order valence-corrected chi connectivity index (χ0v) is 15.0. The molecule has 1 aliphatic carbocycles. The second-order valence-corrected chi connectivity index (χ2v) is 8.43. The zero-order valence-electron chi connectivity index (χ0n) is 13.3. The molecule has 0 aliphatic heterocycles. The quantitative estimate of drug-likeness (QED) is 0.412. The normalized spacial score (nSPS) is 16.1. The van der Waals surface area contributed by atoms with Crippen LogP contribution >= 0.6 is 11.3 Å². The lowest BCUT2D eigenvalue weighted by Gasteiger charge is -2.15. The fourth-order valence-electron chi connectivity index (χ4n) is 2.47. The van der Waals surface area contributed by atoms with Crippen molar-refractivity contribution in [3.05, 3.63) is 28.7 Å². The molecule has 128 valence electrons. The van der Waals surface area contributed by atoms with Crippen LogP contribution in [-0.4, -0.2) is 28.0 Å². The predicted molar refractivity (Wildman–Crippen MR) is 95.1 cm³/mol. The summed E-state index contributed by atoms with van der Waals surface area (Å²) in [4.78, 5) is 5.07. The van der Waals surface area contributed by atoms with Crippen molar-refractivity contribution in [3.63, 3.8) is 0 Å². The Bertz CT molecular complexity index is 677. The molecule has 1 aromatic heterocycles. The zero-order chi connectivity index (χ0) is 16.7. The summed E-state index contributed by atoms with van der Waals surface area (Å²) in [5.74, 6) is 0.715. The summed E-state index contributed by atoms with van der Waals surface area (Å²) in [6.07, 6.45) is 8.40. The molecule has 0 saturated heterocycles. The van der Waals surface area contributed by atoms with Gasteiger partial charge in [0.25, 0.3) is 0 Å². The van der Waals surface area contributed by atoms with Crippen molar-refractivity contribution in [1.82, 2.24) is 10.6 Å². The molecule has 4 N–H and O–H groups in total. The molecule has 6 nitrogen and oxygen atoms in total. The van der Waals surface area contributed by atoms with Gasteiger partial charge in [0, 0.05) is 18.5 Å². The summed E-state index contributed by atoms with van der Waals surface area (Å²) in [6.45, 7) is 1.36. The maximum Gasteiger partial charge on any atom is 0.247 e. The number of sulfonamides is 1. The molecule has 0 atom stereocenters. The summed E-state index contributed by atoms with van der Waals surface area (Å²) >= 11 is 1.17. The van der Waals surface area contributed by atoms with Gasteiger partial charge in [-0.05, 0) is 44.2 Å². The van der Waals surface area contributed by atoms with E-state index in [9.17, 15) is 8.42 Å². The Kier molecular flexibility index (Phi) is 6.61. The molecule has 2 rings (SSSR count). The molecule has 0 saturated carbocycles. The Morgan fingerprint density at radius 2 is 2.17 bits per heavy atom. The number of thiophene rings is 1. The van der Waals surface area contributed by atoms with Crippen molar-refractivity contribution >= 4 is 27.3 Å². The van der Waals surface area contributed by atoms with Gasteiger partial charge in [-0.15, -0.1) is 11.3 Å². The molecule has 23 heavy (non-hydrogen) atoms. The highest BCUT2D eigenvalue weighted by Crippen LogP contribution is 2.20. The first kappa shape index (κ1) is 18.0. The lowest BCUT2D eigenvalue weighted by Crippen LogP contribution is -2.37. The van der Waals surface area contributed by atoms with Gasteiger partial charge < -0.3 is 10.6 Å². The van der Waals surface area contributed by atoms with E-state index in [4.69, 9.17) is 5.14 Å². The van der Waals surface area contributed by atoms with Crippen LogP contribution in [0.3, 0.4) is 0 Å². The first-order chi connectivity index (χ1) is 11.0. The first-order valence-electron chi connectivity index (χ1n) is 7.73. The van der Waals surface area contributed by atoms with E-state index in [0.717, 1.165) is 17.8 Å². The highest BCUT2D eigenvalue weighted by Gasteiger charge is 2.11. The molecule has 1 aliphatic rings. The van der Waals surface area contributed by atoms with Gasteiger partial charge in [-0.3, -0.25) is 4.99 Å². The van der Waals surface area contributed by atoms with E-state index in [-0.39, 0.29) is 4.21 Å². The molecule has 0 fully saturated rings. The van der Waals surface area contributed by atoms with E-state index < -0.39 is 10.0 Å². The van der Waals surface area contributed by atoms with Gasteiger partial charge in [-0.2, -0.15) is 0 Å². The summed E-state index contributed by atoms with van der Waals surface area (Å²) in [7, 11) is -1.89. The van der Waals surface area contributed by atoms with Crippen LogP contribution in [0.25, 0.3) is 0 Å². The van der Waals surface area contributed by atoms with Crippen LogP contribution in [0, 0.1) is 0 Å². The van der Waals surface area contributed by atoms with Crippen LogP contribution in [0.1, 0.15) is 37.0 Å². The van der Waals surface area contributed by atoms with Crippen molar-refractivity contribution in [2.24, 2.45) is 10.1 Å². The minimum absolute atomic E-state index is 0.182. The van der Waals surface area contributed by atoms with Gasteiger partial charge in [-0.25, -0.2) is 13.6 Å². The molecule has 0 unspecified atom stereocenters. The molecular formula is C15H24N4O2S2. The van der Waals surface area contributed by atoms with Gasteiger partial charge in [0.1, 0.15) is 4.21 Å². The number of nitrogens with two attached hydrogens (primary N) is 1. The number of guanidine groups is 1. The van der Waals surface area contributed by atoms with Gasteiger partial charge in [0.15, 0.2) is 5.96 Å². The Balaban J connectivity index is 1.76. The number of rotatable bonds is 6. The SMILES string of the molecule is CN=C(NCCC1=CCCCC1)NCc1ccc(S(N)(=O)=O)s1. The third-order valence-corrected chi connectivity index (χ3v) is 6.22. The topological polar surface area (TPSA) is 96.6 Å². The van der Waals surface area contributed by atoms with Crippen LogP contribution < -0.4 is 15.8 Å². The summed E-state index contributed by atoms with van der Waals surface area (Å²) in [5, 5.41) is 11.6. The summed E-state index contributed by atoms with van der Waals surface area (Å²) < 4.78 is 22.7. The molecule has 0 amide bonds. The van der Waals surface area contributed by atoms with Crippen molar-refractivity contribution < 1.29 is 8.42 Å². The second-order valence-electron chi connectivity index (χ2n) is 5.48. The minimum Gasteiger partial charge on any atom is -0.356 e. The van der Waals surface area contributed by atoms with E-state index in [0.29, 0.717) is 12.5 Å². The second kappa shape index (κ2) is 8.47. The van der Waals surface area contributed by atoms with E-state index >= 15 is 0 Å². The fraction of sp³-hybridized carbons (Fsp3) is 0.533. The number of allylic oxidation sites excluding steroid dienone is 1. The lowest BCUT2D eigenvalue weighted by molar-refractivity contribution is 0.600. The van der Waals surface area contributed by atoms with Crippen LogP contribution in [0.5, 0.6) is 0 Å². The largest absolute Gasteiger partial charge is 0.356 e. The number of hydrogen-bond acceptors (Lipinski definition) is 4. The molecule has 1 aromatic rings. The number of aliphatic imine (C=N–C) groups is 1. The van der Waals surface area contributed by atoms with E-state index in [1.54, 1.807) is 13.1 Å². The monoisotopic (exact) mass is 356 g/mol. The molecule has 0 bridgehead atoms. The molecule has 0 spiro atoms. The lowest BCUT2D eigenvalue weighted by atomic mass is 9.97. The Morgan fingerprint density at radius 3 is 2.78 bits per heavy atom. The number of nitrogens with one attached hydrogen (secondary N) is 2. The van der Waals surface area contributed by atoms with Crippen molar-refractivity contribution in [2.75, 3.05) is 13.6 Å². The maximum absolute atomic E-state index is 11.3. The van der Waals surface area contributed by atoms with Gasteiger partial charge in [-0.1, -0.05) is 11.6 Å². The van der Waals surface area contributed by atoms with Gasteiger partial charge >= 0.3 is 0 Å². The van der Waals surface area contributed by atoms with Crippen molar-refractivity contribution in [1.29, 1.82) is 0 Å². The van der Waals surface area contributed by atoms with E-state index in [2.05, 4.69) is 21.7 Å². The predicted octanol–water partition coefficient (Wildman–Crippen LogP) is 1.95. The third kappa shape index (κ3) is 5.96. The smallest absolute Gasteiger partial charge is 0.247 e. The van der Waals surface area contributed by atoms with E-state index in [1.807, 2.05) is 0 Å². The Labute approximate surface area is 141 Å². The van der Waals surface area contributed by atoms with Crippen LogP contribution in [0.4, 0.5) is 0 Å². The molecule has 0 aromatic carbocycles. The van der Waals surface area contributed by atoms with Crippen molar-refractivity contribution in [2.45, 2.75) is 42.9 Å². The standard InChI is InChI=1S/C15H24N4O2S2/c1-17-15(18-10-9-12-5-3-2-4-6-12)19-11-13-7-8-14(22-13)23(16,20)21/h5,7-8H,2-4,6,9-11H2,1H3,(H2,16,20,21)(H2,17,18,19). The summed E-state index contributed by atoms with van der Waals surface area (Å²) in [5.41, 5.74) is 1.52. The average molecular weight is 357 g/mol. The Morgan fingerprint density at radius 1 is 1.35 bits per heavy atom. The van der Waals surface area contributed by atoms with Gasteiger partial charge in [0.2, 0.25) is 10.0 Å². The third-order valence-electron chi connectivity index (χ3n) is 3.69. The minimum atomic E-state index is -3.61. The van der Waals surface area contributed by atoms with E-state index in [1.165, 1.54) is 48.7 Å². The Hall–Kier alpha value is -1.38. The van der Waals surface area contributed by atoms with Crippen LogP contribution in [-0.2, 0) is 16.6 Å². The van der Waals surface area contributed by atoms with Crippen LogP contribution in [0.2, 0.25) is 0 Å². The van der Waals surface area contributed by atoms with Crippen molar-refractivity contribution in [3.8, 4) is 0 Å². The molecule has 1 heterocycles. The molecular weight excluding hydrogens is 332 g/mol. The maximum atomic E-state index is 11.3. The first-order valence-corrected chi connectivity index (χ1v) is 10.1. The summed E-state index contributed by atoms with van der Waals surface area (Å²) in [6, 6.07) is 3.29. The molecule has 0 radical (unpaired) electrons.